The lowest BCUT2D eigenvalue weighted by Crippen LogP contribution is -2.46. The minimum Gasteiger partial charge on any atom is -0.369 e. The summed E-state index contributed by atoms with van der Waals surface area (Å²) in [6.45, 7) is 8.60. The molecule has 0 atom stereocenters. The van der Waals surface area contributed by atoms with Gasteiger partial charge < -0.3 is 19.5 Å². The number of nitrogens with one attached hydrogen (secondary N) is 1. The van der Waals surface area contributed by atoms with Crippen molar-refractivity contribution in [2.75, 3.05) is 26.9 Å². The quantitative estimate of drug-likeness (QED) is 0.634. The minimum atomic E-state index is -0.830. The van der Waals surface area contributed by atoms with Crippen LogP contribution in [0.25, 0.3) is 0 Å². The van der Waals surface area contributed by atoms with Gasteiger partial charge in [0.25, 0.3) is 5.91 Å². The van der Waals surface area contributed by atoms with Crippen LogP contribution >= 0.6 is 0 Å². The predicted molar refractivity (Wildman–Crippen MR) is 61.1 cm³/mol. The first kappa shape index (κ1) is 15.3. The van der Waals surface area contributed by atoms with Crippen molar-refractivity contribution < 1.29 is 19.0 Å². The maximum absolute atomic E-state index is 11.7. The van der Waals surface area contributed by atoms with Crippen molar-refractivity contribution in [1.29, 1.82) is 0 Å². The van der Waals surface area contributed by atoms with Crippen molar-refractivity contribution in [2.45, 2.75) is 39.6 Å². The highest BCUT2D eigenvalue weighted by Crippen LogP contribution is 2.07. The lowest BCUT2D eigenvalue weighted by Gasteiger charge is -2.24. The number of carbonyl (C=O) groups excluding carboxylic acids is 1. The molecule has 1 amide bonds. The smallest absolute Gasteiger partial charge is 0.251 e. The molecule has 0 aromatic heterocycles. The zero-order valence-corrected chi connectivity index (χ0v) is 10.8. The van der Waals surface area contributed by atoms with E-state index in [0.717, 1.165) is 0 Å². The summed E-state index contributed by atoms with van der Waals surface area (Å²) in [5.41, 5.74) is -0.830. The summed E-state index contributed by atoms with van der Waals surface area (Å²) in [4.78, 5) is 11.7. The van der Waals surface area contributed by atoms with Crippen LogP contribution < -0.4 is 5.32 Å². The molecule has 0 saturated carbocycles. The molecule has 0 fully saturated rings. The predicted octanol–water partition coefficient (Wildman–Crippen LogP) is 0.927. The van der Waals surface area contributed by atoms with Gasteiger partial charge in [0.1, 0.15) is 5.60 Å². The SMILES string of the molecule is CCOC(CNC(=O)C(C)(C)OC)OCC. The highest BCUT2D eigenvalue weighted by atomic mass is 16.7. The second kappa shape index (κ2) is 7.60. The van der Waals surface area contributed by atoms with Gasteiger partial charge in [0.05, 0.1) is 6.54 Å². The number of hydrogen-bond donors (Lipinski definition) is 1. The number of methoxy groups -OCH3 is 1. The third-order valence-corrected chi connectivity index (χ3v) is 2.19. The Bertz CT molecular complexity index is 200. The molecule has 0 rings (SSSR count). The summed E-state index contributed by atoms with van der Waals surface area (Å²) in [6, 6.07) is 0. The fraction of sp³-hybridized carbons (Fsp3) is 0.909. The lowest BCUT2D eigenvalue weighted by molar-refractivity contribution is -0.150. The van der Waals surface area contributed by atoms with Crippen molar-refractivity contribution in [3.05, 3.63) is 0 Å². The molecule has 1 N–H and O–H groups in total. The first-order valence-corrected chi connectivity index (χ1v) is 5.54. The standard InChI is InChI=1S/C11H23NO4/c1-6-15-9(16-7-2)8-12-10(13)11(3,4)14-5/h9H,6-8H2,1-5H3,(H,12,13). The van der Waals surface area contributed by atoms with Crippen LogP contribution in [0.15, 0.2) is 0 Å². The van der Waals surface area contributed by atoms with Gasteiger partial charge in [0, 0.05) is 20.3 Å². The summed E-state index contributed by atoms with van der Waals surface area (Å²) in [5.74, 6) is -0.181. The van der Waals surface area contributed by atoms with Crippen LogP contribution in [0.4, 0.5) is 0 Å². The molecule has 0 heterocycles. The monoisotopic (exact) mass is 233 g/mol. The van der Waals surface area contributed by atoms with Crippen molar-refractivity contribution in [3.63, 3.8) is 0 Å². The van der Waals surface area contributed by atoms with Crippen LogP contribution in [0, 0.1) is 0 Å². The molecule has 16 heavy (non-hydrogen) atoms. The lowest BCUT2D eigenvalue weighted by atomic mass is 10.1. The van der Waals surface area contributed by atoms with Gasteiger partial charge in [0.2, 0.25) is 0 Å². The topological polar surface area (TPSA) is 56.8 Å². The van der Waals surface area contributed by atoms with Crippen LogP contribution in [0.1, 0.15) is 27.7 Å². The summed E-state index contributed by atoms with van der Waals surface area (Å²) < 4.78 is 15.7. The van der Waals surface area contributed by atoms with Gasteiger partial charge in [0.15, 0.2) is 6.29 Å². The van der Waals surface area contributed by atoms with Gasteiger partial charge in [-0.3, -0.25) is 4.79 Å². The molecule has 0 aromatic carbocycles. The molecular weight excluding hydrogens is 210 g/mol. The zero-order chi connectivity index (χ0) is 12.6. The molecule has 0 bridgehead atoms. The first-order chi connectivity index (χ1) is 7.47. The number of rotatable bonds is 8. The van der Waals surface area contributed by atoms with Crippen molar-refractivity contribution >= 4 is 5.91 Å². The molecule has 96 valence electrons. The van der Waals surface area contributed by atoms with E-state index in [1.807, 2.05) is 13.8 Å². The average Bonchev–Trinajstić information content (AvgIpc) is 2.26. The summed E-state index contributed by atoms with van der Waals surface area (Å²) in [5, 5.41) is 2.73. The van der Waals surface area contributed by atoms with E-state index in [4.69, 9.17) is 14.2 Å². The van der Waals surface area contributed by atoms with Crippen LogP contribution in [0.3, 0.4) is 0 Å². The Morgan fingerprint density at radius 2 is 1.75 bits per heavy atom. The molecule has 0 aromatic rings. The Balaban J connectivity index is 4.04. The summed E-state index contributed by atoms with van der Waals surface area (Å²) in [6.07, 6.45) is -0.397. The van der Waals surface area contributed by atoms with E-state index in [1.54, 1.807) is 13.8 Å². The van der Waals surface area contributed by atoms with Crippen LogP contribution in [-0.2, 0) is 19.0 Å². The molecule has 0 unspecified atom stereocenters. The highest BCUT2D eigenvalue weighted by molar-refractivity contribution is 5.84. The highest BCUT2D eigenvalue weighted by Gasteiger charge is 2.27. The van der Waals surface area contributed by atoms with Crippen molar-refractivity contribution in [3.8, 4) is 0 Å². The van der Waals surface area contributed by atoms with E-state index in [-0.39, 0.29) is 5.91 Å². The van der Waals surface area contributed by atoms with Crippen LogP contribution in [0.5, 0.6) is 0 Å². The fourth-order valence-electron chi connectivity index (χ4n) is 1.02. The summed E-state index contributed by atoms with van der Waals surface area (Å²) >= 11 is 0. The maximum Gasteiger partial charge on any atom is 0.251 e. The Hall–Kier alpha value is -0.650. The Labute approximate surface area is 97.4 Å². The number of amides is 1. The van der Waals surface area contributed by atoms with E-state index in [0.29, 0.717) is 19.8 Å². The van der Waals surface area contributed by atoms with E-state index < -0.39 is 11.9 Å². The second-order valence-corrected chi connectivity index (χ2v) is 3.76. The van der Waals surface area contributed by atoms with E-state index in [9.17, 15) is 4.79 Å². The molecule has 0 saturated heterocycles. The summed E-state index contributed by atoms with van der Waals surface area (Å²) in [7, 11) is 1.50. The third-order valence-electron chi connectivity index (χ3n) is 2.19. The maximum atomic E-state index is 11.7. The Morgan fingerprint density at radius 3 is 2.12 bits per heavy atom. The van der Waals surface area contributed by atoms with Gasteiger partial charge in [-0.05, 0) is 27.7 Å². The van der Waals surface area contributed by atoms with E-state index in [2.05, 4.69) is 5.32 Å². The van der Waals surface area contributed by atoms with Gasteiger partial charge in [-0.2, -0.15) is 0 Å². The van der Waals surface area contributed by atoms with Crippen LogP contribution in [0.2, 0.25) is 0 Å². The van der Waals surface area contributed by atoms with Gasteiger partial charge in [-0.15, -0.1) is 0 Å². The normalized spacial score (nSPS) is 11.9. The Morgan fingerprint density at radius 1 is 1.25 bits per heavy atom. The number of hydrogen-bond acceptors (Lipinski definition) is 4. The van der Waals surface area contributed by atoms with Crippen molar-refractivity contribution in [2.24, 2.45) is 0 Å². The third kappa shape index (κ3) is 5.44. The fourth-order valence-corrected chi connectivity index (χ4v) is 1.02. The molecule has 0 aliphatic rings. The molecule has 5 heteroatoms. The zero-order valence-electron chi connectivity index (χ0n) is 10.8. The van der Waals surface area contributed by atoms with Crippen LogP contribution in [-0.4, -0.2) is 44.7 Å². The van der Waals surface area contributed by atoms with Gasteiger partial charge in [-0.25, -0.2) is 0 Å². The molecule has 0 spiro atoms. The number of carbonyl (C=O) groups is 1. The molecule has 0 aliphatic heterocycles. The van der Waals surface area contributed by atoms with Gasteiger partial charge in [-0.1, -0.05) is 0 Å². The molecule has 0 radical (unpaired) electrons. The van der Waals surface area contributed by atoms with E-state index >= 15 is 0 Å². The van der Waals surface area contributed by atoms with Crippen molar-refractivity contribution in [1.82, 2.24) is 5.32 Å². The first-order valence-electron chi connectivity index (χ1n) is 5.54. The molecule has 5 nitrogen and oxygen atoms in total. The average molecular weight is 233 g/mol. The largest absolute Gasteiger partial charge is 0.369 e. The number of ether oxygens (including phenoxy) is 3. The molecular formula is C11H23NO4. The second-order valence-electron chi connectivity index (χ2n) is 3.76. The van der Waals surface area contributed by atoms with Gasteiger partial charge >= 0.3 is 0 Å². The van der Waals surface area contributed by atoms with E-state index in [1.165, 1.54) is 7.11 Å². The minimum absolute atomic E-state index is 0.181. The Kier molecular flexibility index (Phi) is 7.29. The molecule has 0 aliphatic carbocycles.